The summed E-state index contributed by atoms with van der Waals surface area (Å²) in [6.07, 6.45) is 5.40. The number of para-hydroxylation sites is 1. The van der Waals surface area contributed by atoms with Crippen LogP contribution in [-0.4, -0.2) is 56.8 Å². The highest BCUT2D eigenvalue weighted by Gasteiger charge is 2.34. The molecule has 0 bridgehead atoms. The highest BCUT2D eigenvalue weighted by Crippen LogP contribution is 2.36. The van der Waals surface area contributed by atoms with Crippen LogP contribution in [0.2, 0.25) is 0 Å². The Morgan fingerprint density at radius 2 is 1.78 bits per heavy atom. The second kappa shape index (κ2) is 9.93. The molecule has 2 fully saturated rings. The maximum Gasteiger partial charge on any atom is 0.266 e. The molecule has 0 atom stereocenters. The molecule has 10 heteroatoms. The second-order valence-corrected chi connectivity index (χ2v) is 12.6. The number of hydrogen-bond donors (Lipinski definition) is 0. The summed E-state index contributed by atoms with van der Waals surface area (Å²) in [6, 6.07) is 16.5. The molecule has 0 radical (unpaired) electrons. The van der Waals surface area contributed by atoms with Gasteiger partial charge in [0.05, 0.1) is 15.5 Å². The van der Waals surface area contributed by atoms with E-state index in [0.717, 1.165) is 18.5 Å². The van der Waals surface area contributed by atoms with E-state index in [4.69, 9.17) is 17.3 Å². The molecular weight excluding hydrogens is 513 g/mol. The number of amides is 1. The predicted molar refractivity (Wildman–Crippen MR) is 147 cm³/mol. The zero-order chi connectivity index (χ0) is 25.4. The number of nitrogens with zero attached hydrogens (tertiary/aromatic N) is 4. The molecule has 0 N–H and O–H groups in total. The molecule has 2 aliphatic heterocycles. The van der Waals surface area contributed by atoms with E-state index in [9.17, 15) is 13.2 Å². The van der Waals surface area contributed by atoms with Crippen LogP contribution in [0.5, 0.6) is 0 Å². The molecule has 0 saturated carbocycles. The molecule has 0 aliphatic carbocycles. The summed E-state index contributed by atoms with van der Waals surface area (Å²) in [5, 5.41) is 4.81. The van der Waals surface area contributed by atoms with Gasteiger partial charge in [-0.3, -0.25) is 9.69 Å². The minimum Gasteiger partial charge on any atom is -0.290 e. The van der Waals surface area contributed by atoms with Gasteiger partial charge in [-0.2, -0.15) is 9.40 Å². The minimum absolute atomic E-state index is 0.0395. The topological polar surface area (TPSA) is 75.5 Å². The first-order valence-electron chi connectivity index (χ1n) is 11.8. The molecule has 0 unspecified atom stereocenters. The Kier molecular flexibility index (Phi) is 6.86. The third kappa shape index (κ3) is 4.66. The van der Waals surface area contributed by atoms with E-state index >= 15 is 0 Å². The molecule has 2 saturated heterocycles. The first-order chi connectivity index (χ1) is 17.3. The summed E-state index contributed by atoms with van der Waals surface area (Å²) < 4.78 is 30.2. The van der Waals surface area contributed by atoms with Crippen molar-refractivity contribution in [1.82, 2.24) is 19.0 Å². The monoisotopic (exact) mass is 538 g/mol. The predicted octanol–water partition coefficient (Wildman–Crippen LogP) is 4.93. The van der Waals surface area contributed by atoms with Crippen LogP contribution in [0.4, 0.5) is 0 Å². The molecule has 1 aromatic heterocycles. The smallest absolute Gasteiger partial charge is 0.266 e. The summed E-state index contributed by atoms with van der Waals surface area (Å²) in [6.45, 7) is 4.94. The lowest BCUT2D eigenvalue weighted by atomic mass is 10.1. The molecule has 3 aromatic rings. The first-order valence-corrected chi connectivity index (χ1v) is 14.4. The minimum atomic E-state index is -3.58. The number of thioether (sulfide) groups is 1. The van der Waals surface area contributed by atoms with Gasteiger partial charge >= 0.3 is 0 Å². The average Bonchev–Trinajstić information content (AvgIpc) is 3.60. The standard InChI is InChI=1S/C26H26N4O3S3/c1-18(2)30-25(31)23(35-26(30)34)16-20-17-29(21-10-4-3-5-11-21)27-24(20)19-9-8-12-22(15-19)36(32,33)28-13-6-7-14-28/h3-5,8-12,15-18H,6-7,13-14H2,1-2H3. The maximum atomic E-state index is 13.2. The highest BCUT2D eigenvalue weighted by molar-refractivity contribution is 8.26. The van der Waals surface area contributed by atoms with E-state index in [1.54, 1.807) is 33.9 Å². The van der Waals surface area contributed by atoms with Crippen molar-refractivity contribution in [2.24, 2.45) is 0 Å². The van der Waals surface area contributed by atoms with Crippen molar-refractivity contribution < 1.29 is 13.2 Å². The van der Waals surface area contributed by atoms with Crippen LogP contribution in [0.1, 0.15) is 32.3 Å². The number of hydrogen-bond acceptors (Lipinski definition) is 6. The van der Waals surface area contributed by atoms with Gasteiger partial charge in [0, 0.05) is 36.5 Å². The zero-order valence-corrected chi connectivity index (χ0v) is 22.4. The van der Waals surface area contributed by atoms with Gasteiger partial charge in [0.15, 0.2) is 0 Å². The quantitative estimate of drug-likeness (QED) is 0.327. The largest absolute Gasteiger partial charge is 0.290 e. The van der Waals surface area contributed by atoms with Crippen LogP contribution in [0.3, 0.4) is 0 Å². The molecule has 0 spiro atoms. The van der Waals surface area contributed by atoms with E-state index in [2.05, 4.69) is 0 Å². The van der Waals surface area contributed by atoms with Crippen molar-refractivity contribution in [2.75, 3.05) is 13.1 Å². The molecule has 5 rings (SSSR count). The van der Waals surface area contributed by atoms with Crippen molar-refractivity contribution in [3.8, 4) is 16.9 Å². The number of aromatic nitrogens is 2. The van der Waals surface area contributed by atoms with E-state index in [1.807, 2.05) is 56.4 Å². The van der Waals surface area contributed by atoms with E-state index in [0.29, 0.717) is 39.1 Å². The first kappa shape index (κ1) is 24.9. The molecule has 186 valence electrons. The lowest BCUT2D eigenvalue weighted by molar-refractivity contribution is -0.123. The van der Waals surface area contributed by atoms with Gasteiger partial charge in [-0.05, 0) is 57.0 Å². The summed E-state index contributed by atoms with van der Waals surface area (Å²) in [4.78, 5) is 15.4. The van der Waals surface area contributed by atoms with Gasteiger partial charge in [0.1, 0.15) is 10.0 Å². The van der Waals surface area contributed by atoms with Crippen molar-refractivity contribution in [3.63, 3.8) is 0 Å². The van der Waals surface area contributed by atoms with Crippen LogP contribution < -0.4 is 0 Å². The fraction of sp³-hybridized carbons (Fsp3) is 0.269. The second-order valence-electron chi connectivity index (χ2n) is 9.00. The van der Waals surface area contributed by atoms with Gasteiger partial charge in [-0.1, -0.05) is 54.3 Å². The Morgan fingerprint density at radius 1 is 1.06 bits per heavy atom. The Bertz CT molecular complexity index is 1460. The van der Waals surface area contributed by atoms with Crippen molar-refractivity contribution in [2.45, 2.75) is 37.6 Å². The normalized spacial score (nSPS) is 18.2. The Balaban J connectivity index is 1.61. The Hall–Kier alpha value is -2.79. The van der Waals surface area contributed by atoms with Crippen molar-refractivity contribution >= 4 is 50.3 Å². The van der Waals surface area contributed by atoms with Crippen LogP contribution >= 0.6 is 24.0 Å². The van der Waals surface area contributed by atoms with Gasteiger partial charge < -0.3 is 0 Å². The van der Waals surface area contributed by atoms with Gasteiger partial charge in [-0.15, -0.1) is 0 Å². The summed E-state index contributed by atoms with van der Waals surface area (Å²) >= 11 is 6.71. The van der Waals surface area contributed by atoms with E-state index in [-0.39, 0.29) is 16.8 Å². The van der Waals surface area contributed by atoms with Crippen molar-refractivity contribution in [1.29, 1.82) is 0 Å². The number of carbonyl (C=O) groups excluding carboxylic acids is 1. The third-order valence-electron chi connectivity index (χ3n) is 6.20. The van der Waals surface area contributed by atoms with Gasteiger partial charge in [0.2, 0.25) is 10.0 Å². The van der Waals surface area contributed by atoms with Gasteiger partial charge in [0.25, 0.3) is 5.91 Å². The van der Waals surface area contributed by atoms with E-state index in [1.165, 1.54) is 16.1 Å². The van der Waals surface area contributed by atoms with Crippen LogP contribution in [0.15, 0.2) is 70.6 Å². The average molecular weight is 539 g/mol. The number of rotatable bonds is 6. The van der Waals surface area contributed by atoms with Crippen LogP contribution in [0.25, 0.3) is 23.0 Å². The number of carbonyl (C=O) groups is 1. The lowest BCUT2D eigenvalue weighted by Gasteiger charge is -2.18. The van der Waals surface area contributed by atoms with Crippen molar-refractivity contribution in [3.05, 3.63) is 71.3 Å². The molecule has 2 aromatic carbocycles. The molecular formula is C26H26N4O3S3. The fourth-order valence-electron chi connectivity index (χ4n) is 4.38. The summed E-state index contributed by atoms with van der Waals surface area (Å²) in [7, 11) is -3.58. The highest BCUT2D eigenvalue weighted by atomic mass is 32.2. The number of sulfonamides is 1. The molecule has 36 heavy (non-hydrogen) atoms. The van der Waals surface area contributed by atoms with Gasteiger partial charge in [-0.25, -0.2) is 13.1 Å². The fourth-order valence-corrected chi connectivity index (χ4v) is 7.46. The maximum absolute atomic E-state index is 13.2. The third-order valence-corrected chi connectivity index (χ3v) is 9.43. The lowest BCUT2D eigenvalue weighted by Crippen LogP contribution is -2.34. The number of thiocarbonyl (C=S) groups is 1. The summed E-state index contributed by atoms with van der Waals surface area (Å²) in [5.74, 6) is -0.135. The van der Waals surface area contributed by atoms with E-state index < -0.39 is 10.0 Å². The molecule has 3 heterocycles. The molecule has 1 amide bonds. The molecule has 7 nitrogen and oxygen atoms in total. The SMILES string of the molecule is CC(C)N1C(=O)C(=Cc2cn(-c3ccccc3)nc2-c2cccc(S(=O)(=O)N3CCCC3)c2)SC1=S. The molecule has 2 aliphatic rings. The Morgan fingerprint density at radius 3 is 2.44 bits per heavy atom. The Labute approximate surface area is 220 Å². The number of benzene rings is 2. The summed E-state index contributed by atoms with van der Waals surface area (Å²) in [5.41, 5.74) is 2.82. The van der Waals surface area contributed by atoms with Crippen LogP contribution in [-0.2, 0) is 14.8 Å². The zero-order valence-electron chi connectivity index (χ0n) is 20.0. The van der Waals surface area contributed by atoms with Crippen LogP contribution in [0, 0.1) is 0 Å².